The fourth-order valence-corrected chi connectivity index (χ4v) is 1.86. The molecule has 0 aromatic rings. The van der Waals surface area contributed by atoms with Crippen LogP contribution in [-0.4, -0.2) is 30.9 Å². The number of carbonyl (C=O) groups excluding carboxylic acids is 2. The van der Waals surface area contributed by atoms with Gasteiger partial charge in [-0.2, -0.15) is 0 Å². The minimum absolute atomic E-state index is 0.163. The van der Waals surface area contributed by atoms with Crippen molar-refractivity contribution < 1.29 is 9.59 Å². The molecule has 0 bridgehead atoms. The van der Waals surface area contributed by atoms with Gasteiger partial charge in [0, 0.05) is 19.1 Å². The Bertz CT molecular complexity index is 243. The molecule has 1 aliphatic carbocycles. The van der Waals surface area contributed by atoms with Crippen molar-refractivity contribution in [1.29, 1.82) is 0 Å². The quantitative estimate of drug-likeness (QED) is 0.545. The summed E-state index contributed by atoms with van der Waals surface area (Å²) in [6.07, 6.45) is 3.06. The molecule has 0 aromatic heterocycles. The smallest absolute Gasteiger partial charge is 0.309 e. The molecule has 4 N–H and O–H groups in total. The maximum absolute atomic E-state index is 11.3. The molecule has 1 saturated carbocycles. The van der Waals surface area contributed by atoms with Crippen LogP contribution in [0.3, 0.4) is 0 Å². The number of hydrogen-bond donors (Lipinski definition) is 3. The molecule has 0 aromatic carbocycles. The Labute approximate surface area is 89.8 Å². The number of nitrogens with one attached hydrogen (secondary N) is 2. The first-order valence-corrected chi connectivity index (χ1v) is 5.42. The molecule has 1 aliphatic rings. The molecule has 5 nitrogen and oxygen atoms in total. The largest absolute Gasteiger partial charge is 0.347 e. The van der Waals surface area contributed by atoms with Gasteiger partial charge in [0.05, 0.1) is 0 Å². The second-order valence-corrected chi connectivity index (χ2v) is 4.13. The summed E-state index contributed by atoms with van der Waals surface area (Å²) in [5, 5.41) is 5.17. The third kappa shape index (κ3) is 3.87. The van der Waals surface area contributed by atoms with E-state index < -0.39 is 11.8 Å². The highest BCUT2D eigenvalue weighted by molar-refractivity contribution is 6.35. The van der Waals surface area contributed by atoms with E-state index in [0.29, 0.717) is 19.0 Å². The molecule has 1 fully saturated rings. The van der Waals surface area contributed by atoms with Gasteiger partial charge < -0.3 is 16.4 Å². The fraction of sp³-hybridized carbons (Fsp3) is 0.800. The highest BCUT2D eigenvalue weighted by atomic mass is 16.2. The van der Waals surface area contributed by atoms with E-state index in [1.807, 2.05) is 0 Å². The Morgan fingerprint density at radius 2 is 2.07 bits per heavy atom. The zero-order valence-corrected chi connectivity index (χ0v) is 9.08. The molecule has 0 saturated heterocycles. The Kier molecular flexibility index (Phi) is 4.55. The van der Waals surface area contributed by atoms with E-state index >= 15 is 0 Å². The van der Waals surface area contributed by atoms with Crippen LogP contribution in [-0.2, 0) is 9.59 Å². The van der Waals surface area contributed by atoms with E-state index in [1.165, 1.54) is 0 Å². The van der Waals surface area contributed by atoms with Crippen molar-refractivity contribution >= 4 is 11.8 Å². The molecule has 0 heterocycles. The lowest BCUT2D eigenvalue weighted by atomic mass is 10.1. The highest BCUT2D eigenvalue weighted by Crippen LogP contribution is 2.24. The minimum Gasteiger partial charge on any atom is -0.347 e. The minimum atomic E-state index is -0.583. The second kappa shape index (κ2) is 5.70. The summed E-state index contributed by atoms with van der Waals surface area (Å²) in [5.74, 6) is -0.482. The van der Waals surface area contributed by atoms with Gasteiger partial charge in [0.25, 0.3) is 0 Å². The summed E-state index contributed by atoms with van der Waals surface area (Å²) in [7, 11) is 0. The third-order valence-corrected chi connectivity index (χ3v) is 2.67. The summed E-state index contributed by atoms with van der Waals surface area (Å²) in [6.45, 7) is 2.84. The van der Waals surface area contributed by atoms with Crippen LogP contribution in [0.4, 0.5) is 0 Å². The molecular weight excluding hydrogens is 194 g/mol. The molecule has 2 unspecified atom stereocenters. The Morgan fingerprint density at radius 1 is 1.33 bits per heavy atom. The highest BCUT2D eigenvalue weighted by Gasteiger charge is 2.24. The average Bonchev–Trinajstić information content (AvgIpc) is 2.60. The van der Waals surface area contributed by atoms with Crippen molar-refractivity contribution in [3.05, 3.63) is 0 Å². The number of rotatable bonds is 3. The van der Waals surface area contributed by atoms with Gasteiger partial charge >= 0.3 is 11.8 Å². The van der Waals surface area contributed by atoms with Crippen LogP contribution >= 0.6 is 0 Å². The predicted molar refractivity (Wildman–Crippen MR) is 57.0 cm³/mol. The monoisotopic (exact) mass is 213 g/mol. The van der Waals surface area contributed by atoms with Crippen LogP contribution in [0, 0.1) is 5.92 Å². The van der Waals surface area contributed by atoms with Gasteiger partial charge in [-0.15, -0.1) is 0 Å². The Balaban J connectivity index is 2.26. The van der Waals surface area contributed by atoms with Gasteiger partial charge in [-0.25, -0.2) is 0 Å². The molecule has 0 spiro atoms. The van der Waals surface area contributed by atoms with E-state index in [4.69, 9.17) is 5.73 Å². The molecule has 0 aliphatic heterocycles. The van der Waals surface area contributed by atoms with Crippen molar-refractivity contribution in [2.75, 3.05) is 13.1 Å². The molecule has 86 valence electrons. The van der Waals surface area contributed by atoms with Gasteiger partial charge in [-0.1, -0.05) is 6.92 Å². The molecule has 2 amide bonds. The van der Waals surface area contributed by atoms with Crippen molar-refractivity contribution in [2.45, 2.75) is 32.2 Å². The molecule has 0 radical (unpaired) electrons. The maximum Gasteiger partial charge on any atom is 0.309 e. The molecular formula is C10H19N3O2. The lowest BCUT2D eigenvalue weighted by Gasteiger charge is -2.11. The number of amides is 2. The SMILES string of the molecule is CC1CCC(NC(=O)C(=O)NCCN)C1. The van der Waals surface area contributed by atoms with Crippen molar-refractivity contribution in [3.63, 3.8) is 0 Å². The van der Waals surface area contributed by atoms with E-state index in [2.05, 4.69) is 17.6 Å². The molecule has 15 heavy (non-hydrogen) atoms. The summed E-state index contributed by atoms with van der Waals surface area (Å²) in [4.78, 5) is 22.5. The van der Waals surface area contributed by atoms with Crippen LogP contribution in [0.1, 0.15) is 26.2 Å². The van der Waals surface area contributed by atoms with E-state index in [9.17, 15) is 9.59 Å². The van der Waals surface area contributed by atoms with Gasteiger partial charge in [0.1, 0.15) is 0 Å². The number of nitrogens with two attached hydrogens (primary N) is 1. The summed E-state index contributed by atoms with van der Waals surface area (Å²) >= 11 is 0. The molecule has 1 rings (SSSR count). The summed E-state index contributed by atoms with van der Waals surface area (Å²) in [6, 6.07) is 0.163. The molecule has 2 atom stereocenters. The average molecular weight is 213 g/mol. The van der Waals surface area contributed by atoms with Gasteiger partial charge in [0.2, 0.25) is 0 Å². The van der Waals surface area contributed by atoms with Crippen molar-refractivity contribution in [2.24, 2.45) is 11.7 Å². The lowest BCUT2D eigenvalue weighted by Crippen LogP contribution is -2.45. The summed E-state index contributed by atoms with van der Waals surface area (Å²) in [5.41, 5.74) is 5.21. The van der Waals surface area contributed by atoms with Gasteiger partial charge in [0.15, 0.2) is 0 Å². The first kappa shape index (κ1) is 12.0. The van der Waals surface area contributed by atoms with Gasteiger partial charge in [-0.3, -0.25) is 9.59 Å². The topological polar surface area (TPSA) is 84.2 Å². The first-order chi connectivity index (χ1) is 7.13. The Hall–Kier alpha value is -1.10. The van der Waals surface area contributed by atoms with E-state index in [1.54, 1.807) is 0 Å². The summed E-state index contributed by atoms with van der Waals surface area (Å²) < 4.78 is 0. The Morgan fingerprint density at radius 3 is 2.60 bits per heavy atom. The zero-order valence-electron chi connectivity index (χ0n) is 9.08. The third-order valence-electron chi connectivity index (χ3n) is 2.67. The predicted octanol–water partition coefficient (Wildman–Crippen LogP) is -0.634. The van der Waals surface area contributed by atoms with Crippen LogP contribution in [0.2, 0.25) is 0 Å². The normalized spacial score (nSPS) is 24.9. The van der Waals surface area contributed by atoms with Crippen LogP contribution < -0.4 is 16.4 Å². The second-order valence-electron chi connectivity index (χ2n) is 4.13. The van der Waals surface area contributed by atoms with Crippen molar-refractivity contribution in [1.82, 2.24) is 10.6 Å². The van der Waals surface area contributed by atoms with Crippen molar-refractivity contribution in [3.8, 4) is 0 Å². The van der Waals surface area contributed by atoms with Crippen LogP contribution in [0.5, 0.6) is 0 Å². The van der Waals surface area contributed by atoms with E-state index in [-0.39, 0.29) is 6.04 Å². The lowest BCUT2D eigenvalue weighted by molar-refractivity contribution is -0.139. The number of carbonyl (C=O) groups is 2. The standard InChI is InChI=1S/C10H19N3O2/c1-7-2-3-8(6-7)13-10(15)9(14)12-5-4-11/h7-8H,2-6,11H2,1H3,(H,12,14)(H,13,15). The fourth-order valence-electron chi connectivity index (χ4n) is 1.86. The molecule has 5 heteroatoms. The number of hydrogen-bond acceptors (Lipinski definition) is 3. The maximum atomic E-state index is 11.3. The zero-order chi connectivity index (χ0) is 11.3. The van der Waals surface area contributed by atoms with Crippen LogP contribution in [0.15, 0.2) is 0 Å². The van der Waals surface area contributed by atoms with Crippen LogP contribution in [0.25, 0.3) is 0 Å². The first-order valence-electron chi connectivity index (χ1n) is 5.42. The van der Waals surface area contributed by atoms with Gasteiger partial charge in [-0.05, 0) is 25.2 Å². The van der Waals surface area contributed by atoms with E-state index in [0.717, 1.165) is 19.3 Å².